The van der Waals surface area contributed by atoms with E-state index in [0.717, 1.165) is 5.56 Å². The molecule has 5 nitrogen and oxygen atoms in total. The van der Waals surface area contributed by atoms with E-state index in [-0.39, 0.29) is 23.0 Å². The Balaban J connectivity index is 2.09. The van der Waals surface area contributed by atoms with Gasteiger partial charge in [-0.15, -0.1) is 0 Å². The van der Waals surface area contributed by atoms with Crippen LogP contribution in [0.3, 0.4) is 0 Å². The Morgan fingerprint density at radius 1 is 1.26 bits per heavy atom. The Bertz CT molecular complexity index is 617. The van der Waals surface area contributed by atoms with Gasteiger partial charge in [0.1, 0.15) is 11.5 Å². The lowest BCUT2D eigenvalue weighted by Gasteiger charge is -2.16. The SMILES string of the molecule is CN(Cc1ccc(F)cc1)C(=O)c1ccc(=O)[nH]n1. The number of carbonyl (C=O) groups is 1. The second kappa shape index (κ2) is 5.43. The first-order valence-corrected chi connectivity index (χ1v) is 5.62. The maximum Gasteiger partial charge on any atom is 0.274 e. The maximum atomic E-state index is 12.8. The largest absolute Gasteiger partial charge is 0.336 e. The van der Waals surface area contributed by atoms with Crippen molar-refractivity contribution in [3.63, 3.8) is 0 Å². The third kappa shape index (κ3) is 3.25. The van der Waals surface area contributed by atoms with Crippen LogP contribution in [-0.4, -0.2) is 28.1 Å². The fraction of sp³-hybridized carbons (Fsp3) is 0.154. The molecule has 0 aliphatic heterocycles. The van der Waals surface area contributed by atoms with Crippen molar-refractivity contribution in [1.82, 2.24) is 15.1 Å². The minimum atomic E-state index is -0.363. The Labute approximate surface area is 108 Å². The van der Waals surface area contributed by atoms with Crippen LogP contribution in [0.15, 0.2) is 41.2 Å². The predicted molar refractivity (Wildman–Crippen MR) is 67.1 cm³/mol. The van der Waals surface area contributed by atoms with E-state index in [4.69, 9.17) is 0 Å². The molecule has 0 saturated carbocycles. The number of aromatic nitrogens is 2. The van der Waals surface area contributed by atoms with Gasteiger partial charge in [-0.1, -0.05) is 12.1 Å². The molecule has 98 valence electrons. The van der Waals surface area contributed by atoms with Crippen LogP contribution in [0.1, 0.15) is 16.1 Å². The molecule has 6 heteroatoms. The fourth-order valence-corrected chi connectivity index (χ4v) is 1.59. The highest BCUT2D eigenvalue weighted by Gasteiger charge is 2.13. The number of H-pyrrole nitrogens is 1. The minimum absolute atomic E-state index is 0.157. The summed E-state index contributed by atoms with van der Waals surface area (Å²) in [6.45, 7) is 0.333. The molecule has 0 saturated heterocycles. The summed E-state index contributed by atoms with van der Waals surface area (Å²) in [5, 5.41) is 5.87. The molecular weight excluding hydrogens is 249 g/mol. The van der Waals surface area contributed by atoms with Crippen LogP contribution in [0.4, 0.5) is 4.39 Å². The Hall–Kier alpha value is -2.50. The van der Waals surface area contributed by atoms with Crippen LogP contribution in [0.25, 0.3) is 0 Å². The summed E-state index contributed by atoms with van der Waals surface area (Å²) < 4.78 is 12.8. The average molecular weight is 261 g/mol. The van der Waals surface area contributed by atoms with E-state index in [2.05, 4.69) is 10.2 Å². The van der Waals surface area contributed by atoms with Gasteiger partial charge >= 0.3 is 0 Å². The van der Waals surface area contributed by atoms with Gasteiger partial charge in [0, 0.05) is 19.7 Å². The van der Waals surface area contributed by atoms with Crippen LogP contribution in [0, 0.1) is 5.82 Å². The second-order valence-electron chi connectivity index (χ2n) is 4.09. The Morgan fingerprint density at radius 2 is 1.95 bits per heavy atom. The number of hydrogen-bond donors (Lipinski definition) is 1. The second-order valence-corrected chi connectivity index (χ2v) is 4.09. The minimum Gasteiger partial charge on any atom is -0.336 e. The summed E-state index contributed by atoms with van der Waals surface area (Å²) in [7, 11) is 1.61. The first-order chi connectivity index (χ1) is 9.06. The zero-order valence-electron chi connectivity index (χ0n) is 10.3. The van der Waals surface area contributed by atoms with Crippen molar-refractivity contribution >= 4 is 5.91 Å². The van der Waals surface area contributed by atoms with E-state index >= 15 is 0 Å². The fourth-order valence-electron chi connectivity index (χ4n) is 1.59. The number of halogens is 1. The molecule has 0 bridgehead atoms. The molecule has 0 fully saturated rings. The lowest BCUT2D eigenvalue weighted by molar-refractivity contribution is 0.0778. The number of nitrogens with one attached hydrogen (secondary N) is 1. The summed E-state index contributed by atoms with van der Waals surface area (Å²) in [6, 6.07) is 8.50. The average Bonchev–Trinajstić information content (AvgIpc) is 2.41. The van der Waals surface area contributed by atoms with E-state index < -0.39 is 0 Å². The molecular formula is C13H12FN3O2. The first kappa shape index (κ1) is 12.9. The topological polar surface area (TPSA) is 66.1 Å². The summed E-state index contributed by atoms with van der Waals surface area (Å²) in [5.41, 5.74) is 0.601. The zero-order chi connectivity index (χ0) is 13.8. The molecule has 1 N–H and O–H groups in total. The van der Waals surface area contributed by atoms with Crippen LogP contribution in [0.2, 0.25) is 0 Å². The van der Waals surface area contributed by atoms with Crippen molar-refractivity contribution in [2.75, 3.05) is 7.05 Å². The van der Waals surface area contributed by atoms with Crippen LogP contribution in [0.5, 0.6) is 0 Å². The number of amides is 1. The van der Waals surface area contributed by atoms with Gasteiger partial charge in [0.05, 0.1) is 0 Å². The number of carbonyl (C=O) groups excluding carboxylic acids is 1. The third-order valence-electron chi connectivity index (χ3n) is 2.58. The van der Waals surface area contributed by atoms with E-state index in [1.54, 1.807) is 19.2 Å². The van der Waals surface area contributed by atoms with Gasteiger partial charge in [0.15, 0.2) is 0 Å². The molecule has 0 aliphatic rings. The zero-order valence-corrected chi connectivity index (χ0v) is 10.3. The van der Waals surface area contributed by atoms with Crippen LogP contribution < -0.4 is 5.56 Å². The van der Waals surface area contributed by atoms with E-state index in [9.17, 15) is 14.0 Å². The maximum absolute atomic E-state index is 12.8. The molecule has 2 rings (SSSR count). The molecule has 1 aromatic heterocycles. The van der Waals surface area contributed by atoms with Crippen molar-refractivity contribution in [3.05, 3.63) is 63.8 Å². The number of nitrogens with zero attached hydrogens (tertiary/aromatic N) is 2. The highest BCUT2D eigenvalue weighted by atomic mass is 19.1. The van der Waals surface area contributed by atoms with E-state index in [1.807, 2.05) is 0 Å². The third-order valence-corrected chi connectivity index (χ3v) is 2.58. The number of benzene rings is 1. The quantitative estimate of drug-likeness (QED) is 0.902. The highest BCUT2D eigenvalue weighted by molar-refractivity contribution is 5.91. The van der Waals surface area contributed by atoms with Gasteiger partial charge in [0.25, 0.3) is 11.5 Å². The Kier molecular flexibility index (Phi) is 3.70. The van der Waals surface area contributed by atoms with Crippen molar-refractivity contribution in [2.24, 2.45) is 0 Å². The molecule has 0 aliphatic carbocycles. The van der Waals surface area contributed by atoms with Crippen LogP contribution >= 0.6 is 0 Å². The monoisotopic (exact) mass is 261 g/mol. The molecule has 0 unspecified atom stereocenters. The first-order valence-electron chi connectivity index (χ1n) is 5.62. The van der Waals surface area contributed by atoms with Gasteiger partial charge in [-0.3, -0.25) is 9.59 Å². The molecule has 1 aromatic carbocycles. The van der Waals surface area contributed by atoms with Crippen molar-refractivity contribution in [1.29, 1.82) is 0 Å². The molecule has 1 heterocycles. The number of hydrogen-bond acceptors (Lipinski definition) is 3. The number of rotatable bonds is 3. The van der Waals surface area contributed by atoms with Crippen LogP contribution in [-0.2, 0) is 6.54 Å². The summed E-state index contributed by atoms with van der Waals surface area (Å²) in [4.78, 5) is 24.3. The van der Waals surface area contributed by atoms with Gasteiger partial charge in [-0.25, -0.2) is 9.49 Å². The summed E-state index contributed by atoms with van der Waals surface area (Å²) in [6.07, 6.45) is 0. The lowest BCUT2D eigenvalue weighted by atomic mass is 10.2. The van der Waals surface area contributed by atoms with E-state index in [1.165, 1.54) is 29.2 Å². The molecule has 2 aromatic rings. The number of aromatic amines is 1. The molecule has 0 radical (unpaired) electrons. The van der Waals surface area contributed by atoms with Crippen molar-refractivity contribution in [2.45, 2.75) is 6.54 Å². The van der Waals surface area contributed by atoms with Gasteiger partial charge in [-0.05, 0) is 23.8 Å². The molecule has 19 heavy (non-hydrogen) atoms. The molecule has 1 amide bonds. The standard InChI is InChI=1S/C13H12FN3O2/c1-17(8-9-2-4-10(14)5-3-9)13(19)11-6-7-12(18)16-15-11/h2-7H,8H2,1H3,(H,16,18). The molecule has 0 spiro atoms. The van der Waals surface area contributed by atoms with Gasteiger partial charge < -0.3 is 4.90 Å². The summed E-state index contributed by atoms with van der Waals surface area (Å²) >= 11 is 0. The smallest absolute Gasteiger partial charge is 0.274 e. The van der Waals surface area contributed by atoms with Gasteiger partial charge in [0.2, 0.25) is 0 Å². The lowest BCUT2D eigenvalue weighted by Crippen LogP contribution is -2.28. The Morgan fingerprint density at radius 3 is 2.53 bits per heavy atom. The van der Waals surface area contributed by atoms with Crippen molar-refractivity contribution < 1.29 is 9.18 Å². The highest BCUT2D eigenvalue weighted by Crippen LogP contribution is 2.07. The van der Waals surface area contributed by atoms with Crippen molar-refractivity contribution in [3.8, 4) is 0 Å². The summed E-state index contributed by atoms with van der Waals surface area (Å²) in [5.74, 6) is -0.638. The normalized spacial score (nSPS) is 10.2. The van der Waals surface area contributed by atoms with E-state index in [0.29, 0.717) is 6.54 Å². The molecule has 0 atom stereocenters. The van der Waals surface area contributed by atoms with Gasteiger partial charge in [-0.2, -0.15) is 5.10 Å². The predicted octanol–water partition coefficient (Wildman–Crippen LogP) is 1.18.